The van der Waals surface area contributed by atoms with E-state index in [4.69, 9.17) is 13.1 Å². The average Bonchev–Trinajstić information content (AvgIpc) is 3.12. The predicted molar refractivity (Wildman–Crippen MR) is 204 cm³/mol. The molecule has 0 N–H and O–H groups in total. The number of aryl methyl sites for hydroxylation is 2. The lowest BCUT2D eigenvalue weighted by molar-refractivity contribution is 0.0726. The largest absolute Gasteiger partial charge is 0.492 e. The van der Waals surface area contributed by atoms with E-state index in [9.17, 15) is 21.6 Å². The zero-order valence-electron chi connectivity index (χ0n) is 31.1. The zero-order valence-corrected chi connectivity index (χ0v) is 32.7. The molecule has 0 atom stereocenters. The van der Waals surface area contributed by atoms with E-state index >= 15 is 0 Å². The Hall–Kier alpha value is -4.39. The predicted octanol–water partition coefficient (Wildman–Crippen LogP) is 7.37. The molecule has 1 saturated carbocycles. The summed E-state index contributed by atoms with van der Waals surface area (Å²) in [5.41, 5.74) is 5.19. The number of carbonyl (C=O) groups is 1. The summed E-state index contributed by atoms with van der Waals surface area (Å²) in [6.45, 7) is 7.02. The molecule has 0 saturated heterocycles. The molecule has 12 heteroatoms. The summed E-state index contributed by atoms with van der Waals surface area (Å²) in [4.78, 5) is 18.3. The van der Waals surface area contributed by atoms with Crippen LogP contribution < -0.4 is 13.1 Å². The molecule has 0 radical (unpaired) electrons. The van der Waals surface area contributed by atoms with Gasteiger partial charge in [0.2, 0.25) is 0 Å². The molecule has 1 amide bonds. The van der Waals surface area contributed by atoms with Crippen molar-refractivity contribution in [3.8, 4) is 17.2 Å². The molecule has 0 aromatic heterocycles. The Labute approximate surface area is 313 Å². The fourth-order valence-corrected chi connectivity index (χ4v) is 8.85. The zero-order chi connectivity index (χ0) is 37.9. The number of carbonyl (C=O) groups excluding carboxylic acids is 1. The lowest BCUT2D eigenvalue weighted by atomic mass is 9.90. The summed E-state index contributed by atoms with van der Waals surface area (Å²) >= 11 is 0. The van der Waals surface area contributed by atoms with Gasteiger partial charge in [-0.3, -0.25) is 4.79 Å². The minimum absolute atomic E-state index is 0.0402. The molecule has 282 valence electrons. The number of hydrogen-bond acceptors (Lipinski definition) is 9. The Bertz CT molecular complexity index is 2180. The molecule has 1 fully saturated rings. The molecule has 0 unspecified atom stereocenters. The highest BCUT2D eigenvalue weighted by molar-refractivity contribution is 7.87. The highest BCUT2D eigenvalue weighted by Crippen LogP contribution is 2.43. The number of benzene rings is 4. The summed E-state index contributed by atoms with van der Waals surface area (Å²) in [6.07, 6.45) is 5.76. The van der Waals surface area contributed by atoms with Gasteiger partial charge < -0.3 is 22.9 Å². The van der Waals surface area contributed by atoms with Crippen LogP contribution in [0.15, 0.2) is 82.6 Å². The van der Waals surface area contributed by atoms with Crippen molar-refractivity contribution >= 4 is 26.1 Å². The second-order valence-electron chi connectivity index (χ2n) is 14.5. The molecule has 53 heavy (non-hydrogen) atoms. The molecule has 1 aliphatic carbocycles. The number of amides is 1. The van der Waals surface area contributed by atoms with Crippen molar-refractivity contribution in [2.24, 2.45) is 5.92 Å². The third-order valence-electron chi connectivity index (χ3n) is 9.94. The SMILES string of the molecule is Cc1ccc(S(=O)(=O)Oc2cc(OS(=O)(=O)c3ccc(C)cc3)c(C(=O)N3CCc4cc(CN(C)C)ccc4C3)c(OCC3CCCCC3)c2C)cc1. The molecule has 4 aromatic rings. The first-order chi connectivity index (χ1) is 25.2. The molecule has 2 aliphatic rings. The van der Waals surface area contributed by atoms with Gasteiger partial charge in [0, 0.05) is 31.3 Å². The van der Waals surface area contributed by atoms with Crippen LogP contribution in [-0.2, 0) is 39.7 Å². The summed E-state index contributed by atoms with van der Waals surface area (Å²) in [6, 6.07) is 19.8. The third-order valence-corrected chi connectivity index (χ3v) is 12.4. The molecule has 4 aromatic carbocycles. The Morgan fingerprint density at radius 3 is 1.92 bits per heavy atom. The minimum Gasteiger partial charge on any atom is -0.492 e. The van der Waals surface area contributed by atoms with Gasteiger partial charge in [0.25, 0.3) is 5.91 Å². The normalized spacial score (nSPS) is 15.2. The van der Waals surface area contributed by atoms with Gasteiger partial charge in [-0.05, 0) is 101 Å². The maximum Gasteiger partial charge on any atom is 0.339 e. The van der Waals surface area contributed by atoms with E-state index in [1.807, 2.05) is 34.0 Å². The van der Waals surface area contributed by atoms with Crippen molar-refractivity contribution in [2.45, 2.75) is 82.2 Å². The lowest BCUT2D eigenvalue weighted by Gasteiger charge is -2.31. The number of rotatable bonds is 12. The fraction of sp³-hybridized carbons (Fsp3) is 0.390. The molecule has 1 heterocycles. The van der Waals surface area contributed by atoms with Crippen LogP contribution in [0.25, 0.3) is 0 Å². The van der Waals surface area contributed by atoms with Crippen molar-refractivity contribution in [2.75, 3.05) is 27.2 Å². The highest BCUT2D eigenvalue weighted by Gasteiger charge is 2.34. The van der Waals surface area contributed by atoms with Gasteiger partial charge in [-0.25, -0.2) is 0 Å². The number of ether oxygens (including phenoxy) is 1. The van der Waals surface area contributed by atoms with Gasteiger partial charge in [0.1, 0.15) is 21.1 Å². The van der Waals surface area contributed by atoms with Crippen LogP contribution in [0.5, 0.6) is 17.2 Å². The van der Waals surface area contributed by atoms with Crippen LogP contribution in [0.2, 0.25) is 0 Å². The highest BCUT2D eigenvalue weighted by atomic mass is 32.2. The Balaban J connectivity index is 1.46. The number of fused-ring (bicyclic) bond motifs is 1. The summed E-state index contributed by atoms with van der Waals surface area (Å²) in [5.74, 6) is -0.811. The summed E-state index contributed by atoms with van der Waals surface area (Å²) in [7, 11) is -4.84. The first-order valence-electron chi connectivity index (χ1n) is 18.1. The lowest BCUT2D eigenvalue weighted by Crippen LogP contribution is -2.37. The van der Waals surface area contributed by atoms with E-state index in [2.05, 4.69) is 17.0 Å². The third kappa shape index (κ3) is 9.05. The maximum absolute atomic E-state index is 14.8. The van der Waals surface area contributed by atoms with Crippen molar-refractivity contribution in [3.05, 3.63) is 112 Å². The molecular weight excluding hydrogens is 713 g/mol. The molecule has 0 bridgehead atoms. The first-order valence-corrected chi connectivity index (χ1v) is 20.9. The molecule has 10 nitrogen and oxygen atoms in total. The van der Waals surface area contributed by atoms with E-state index in [0.717, 1.165) is 60.9 Å². The van der Waals surface area contributed by atoms with E-state index < -0.39 is 26.1 Å². The molecular formula is C41H48N2O8S2. The standard InChI is InChI=1S/C41H48N2O8S2/c1-28-11-17-35(18-12-28)52(45,46)50-37-24-38(51-53(47,48)36-19-13-29(2)14-20-36)39(40(30(37)3)49-27-31-9-7-6-8-10-31)41(44)43-22-21-33-23-32(25-42(4)5)15-16-34(33)26-43/h11-20,23-24,31H,6-10,21-22,25-27H2,1-5H3. The van der Waals surface area contributed by atoms with Crippen LogP contribution in [0, 0.1) is 26.7 Å². The summed E-state index contributed by atoms with van der Waals surface area (Å²) < 4.78 is 72.9. The number of nitrogens with zero attached hydrogens (tertiary/aromatic N) is 2. The van der Waals surface area contributed by atoms with Gasteiger partial charge in [-0.1, -0.05) is 72.9 Å². The minimum atomic E-state index is -4.50. The van der Waals surface area contributed by atoms with Crippen molar-refractivity contribution in [3.63, 3.8) is 0 Å². The Morgan fingerprint density at radius 2 is 1.34 bits per heavy atom. The van der Waals surface area contributed by atoms with E-state index in [-0.39, 0.29) is 50.7 Å². The van der Waals surface area contributed by atoms with Crippen LogP contribution in [-0.4, -0.2) is 59.8 Å². The van der Waals surface area contributed by atoms with Crippen LogP contribution in [0.1, 0.15) is 75.8 Å². The van der Waals surface area contributed by atoms with E-state index in [0.29, 0.717) is 19.5 Å². The first kappa shape index (κ1) is 38.3. The molecule has 0 spiro atoms. The van der Waals surface area contributed by atoms with Crippen LogP contribution in [0.4, 0.5) is 0 Å². The van der Waals surface area contributed by atoms with E-state index in [1.54, 1.807) is 36.1 Å². The van der Waals surface area contributed by atoms with Crippen LogP contribution in [0.3, 0.4) is 0 Å². The summed E-state index contributed by atoms with van der Waals surface area (Å²) in [5, 5.41) is 0. The number of hydrogen-bond donors (Lipinski definition) is 0. The van der Waals surface area contributed by atoms with E-state index in [1.165, 1.54) is 35.9 Å². The van der Waals surface area contributed by atoms with Crippen molar-refractivity contribution < 1.29 is 34.7 Å². The van der Waals surface area contributed by atoms with Gasteiger partial charge in [0.15, 0.2) is 11.5 Å². The Morgan fingerprint density at radius 1 is 0.755 bits per heavy atom. The monoisotopic (exact) mass is 760 g/mol. The van der Waals surface area contributed by atoms with Crippen molar-refractivity contribution in [1.82, 2.24) is 9.80 Å². The van der Waals surface area contributed by atoms with Crippen LogP contribution >= 0.6 is 0 Å². The Kier molecular flexibility index (Phi) is 11.5. The fourth-order valence-electron chi connectivity index (χ4n) is 6.94. The second-order valence-corrected chi connectivity index (χ2v) is 17.6. The maximum atomic E-state index is 14.8. The topological polar surface area (TPSA) is 120 Å². The molecule has 6 rings (SSSR count). The van der Waals surface area contributed by atoms with Gasteiger partial charge >= 0.3 is 20.2 Å². The quantitative estimate of drug-likeness (QED) is 0.136. The van der Waals surface area contributed by atoms with Gasteiger partial charge in [-0.15, -0.1) is 0 Å². The smallest absolute Gasteiger partial charge is 0.339 e. The van der Waals surface area contributed by atoms with Gasteiger partial charge in [0.05, 0.1) is 6.61 Å². The van der Waals surface area contributed by atoms with Crippen molar-refractivity contribution in [1.29, 1.82) is 0 Å². The van der Waals surface area contributed by atoms with Gasteiger partial charge in [-0.2, -0.15) is 16.8 Å². The average molecular weight is 761 g/mol. The second kappa shape index (κ2) is 15.9. The molecule has 1 aliphatic heterocycles.